The number of alkyl halides is 2. The van der Waals surface area contributed by atoms with Crippen LogP contribution in [0.15, 0.2) is 48.5 Å². The summed E-state index contributed by atoms with van der Waals surface area (Å²) in [6.45, 7) is 3.05. The van der Waals surface area contributed by atoms with E-state index < -0.39 is 11.9 Å². The molecule has 0 atom stereocenters. The van der Waals surface area contributed by atoms with Crippen molar-refractivity contribution in [2.75, 3.05) is 46.4 Å². The first-order valence-electron chi connectivity index (χ1n) is 14.8. The minimum atomic E-state index is -2.77. The van der Waals surface area contributed by atoms with Gasteiger partial charge in [0.25, 0.3) is 17.7 Å². The second kappa shape index (κ2) is 11.5. The van der Waals surface area contributed by atoms with Gasteiger partial charge < -0.3 is 19.1 Å². The molecule has 1 aliphatic carbocycles. The van der Waals surface area contributed by atoms with Crippen molar-refractivity contribution >= 4 is 28.7 Å². The molecule has 0 N–H and O–H groups in total. The summed E-state index contributed by atoms with van der Waals surface area (Å²) < 4.78 is 34.3. The van der Waals surface area contributed by atoms with Crippen molar-refractivity contribution in [3.05, 3.63) is 65.4 Å². The van der Waals surface area contributed by atoms with Crippen molar-refractivity contribution in [3.8, 4) is 5.69 Å². The van der Waals surface area contributed by atoms with E-state index in [4.69, 9.17) is 4.74 Å². The molecular formula is C32H36F2N4O4. The van der Waals surface area contributed by atoms with Gasteiger partial charge in [-0.15, -0.1) is 0 Å². The van der Waals surface area contributed by atoms with Crippen LogP contribution in [-0.4, -0.2) is 95.4 Å². The summed E-state index contributed by atoms with van der Waals surface area (Å²) in [7, 11) is 1.31. The second-order valence-corrected chi connectivity index (χ2v) is 11.6. The minimum absolute atomic E-state index is 0.0365. The summed E-state index contributed by atoms with van der Waals surface area (Å²) >= 11 is 0. The maximum absolute atomic E-state index is 13.8. The molecule has 10 heteroatoms. The van der Waals surface area contributed by atoms with E-state index in [2.05, 4.69) is 4.90 Å². The number of carbonyl (C=O) groups excluding carboxylic acids is 3. The number of fused-ring (bicyclic) bond motifs is 1. The highest BCUT2D eigenvalue weighted by Gasteiger charge is 2.37. The van der Waals surface area contributed by atoms with Gasteiger partial charge in [0, 0.05) is 74.8 Å². The highest BCUT2D eigenvalue weighted by atomic mass is 19.3. The van der Waals surface area contributed by atoms with Crippen LogP contribution in [0.1, 0.15) is 69.7 Å². The lowest BCUT2D eigenvalue weighted by molar-refractivity contribution is -0.0495. The maximum atomic E-state index is 13.8. The van der Waals surface area contributed by atoms with E-state index in [0.717, 1.165) is 13.1 Å². The van der Waals surface area contributed by atoms with Gasteiger partial charge >= 0.3 is 5.97 Å². The number of piperidine rings is 1. The number of aromatic nitrogens is 1. The lowest BCUT2D eigenvalue weighted by atomic mass is 10.1. The summed E-state index contributed by atoms with van der Waals surface area (Å²) in [6, 6.07) is 14.5. The van der Waals surface area contributed by atoms with Gasteiger partial charge in [-0.1, -0.05) is 12.8 Å². The van der Waals surface area contributed by atoms with Gasteiger partial charge in [-0.25, -0.2) is 13.6 Å². The monoisotopic (exact) mass is 578 g/mol. The van der Waals surface area contributed by atoms with Crippen molar-refractivity contribution in [1.82, 2.24) is 19.3 Å². The molecule has 2 saturated heterocycles. The molecule has 6 rings (SSSR count). The van der Waals surface area contributed by atoms with Gasteiger partial charge in [-0.2, -0.15) is 0 Å². The van der Waals surface area contributed by atoms with Gasteiger partial charge in [0.1, 0.15) is 5.69 Å². The smallest absolute Gasteiger partial charge is 0.337 e. The number of nitrogens with zero attached hydrogens (tertiary/aromatic N) is 4. The number of carbonyl (C=O) groups is 3. The Labute approximate surface area is 243 Å². The molecule has 3 aromatic rings. The molecule has 0 bridgehead atoms. The van der Waals surface area contributed by atoms with Crippen LogP contribution < -0.4 is 0 Å². The normalized spacial score (nSPS) is 19.8. The van der Waals surface area contributed by atoms with Crippen LogP contribution in [0.25, 0.3) is 16.6 Å². The lowest BCUT2D eigenvalue weighted by Crippen LogP contribution is -2.51. The van der Waals surface area contributed by atoms with Crippen molar-refractivity contribution in [2.24, 2.45) is 0 Å². The van der Waals surface area contributed by atoms with Gasteiger partial charge in [-0.05, 0) is 61.4 Å². The largest absolute Gasteiger partial charge is 0.465 e. The summed E-state index contributed by atoms with van der Waals surface area (Å²) in [5, 5.41) is 0.702. The van der Waals surface area contributed by atoms with Crippen molar-refractivity contribution in [3.63, 3.8) is 0 Å². The predicted octanol–water partition coefficient (Wildman–Crippen LogP) is 4.99. The van der Waals surface area contributed by atoms with E-state index in [0.29, 0.717) is 52.5 Å². The van der Waals surface area contributed by atoms with Gasteiger partial charge in [0.2, 0.25) is 0 Å². The third-order valence-corrected chi connectivity index (χ3v) is 9.04. The predicted molar refractivity (Wildman–Crippen MR) is 154 cm³/mol. The Morgan fingerprint density at radius 2 is 1.40 bits per heavy atom. The molecule has 2 amide bonds. The van der Waals surface area contributed by atoms with Crippen LogP contribution in [0.2, 0.25) is 0 Å². The highest BCUT2D eigenvalue weighted by Crippen LogP contribution is 2.32. The number of esters is 1. The quantitative estimate of drug-likeness (QED) is 0.399. The number of ether oxygens (including phenoxy) is 1. The molecule has 0 radical (unpaired) electrons. The van der Waals surface area contributed by atoms with Crippen LogP contribution in [-0.2, 0) is 4.74 Å². The molecule has 42 heavy (non-hydrogen) atoms. The Balaban J connectivity index is 1.30. The van der Waals surface area contributed by atoms with E-state index in [1.807, 2.05) is 17.0 Å². The van der Waals surface area contributed by atoms with Gasteiger partial charge in [0.15, 0.2) is 0 Å². The number of benzene rings is 2. The SMILES string of the molecule is COC(=O)c1ccc(-n2c(C(=O)N3CCC(F)(F)CC3)cc3cc(C(=O)N4CCN(C5CCCC5)CC4)ccc32)cc1. The fourth-order valence-corrected chi connectivity index (χ4v) is 6.59. The summed E-state index contributed by atoms with van der Waals surface area (Å²) in [5.41, 5.74) is 2.56. The topological polar surface area (TPSA) is 75.1 Å². The molecular weight excluding hydrogens is 542 g/mol. The molecule has 0 unspecified atom stereocenters. The standard InChI is InChI=1S/C32H36F2N4O4/c1-42-31(41)22-6-9-26(10-7-22)38-27-11-8-23(29(39)37-18-16-35(17-19-37)25-4-2-3-5-25)20-24(27)21-28(38)30(40)36-14-12-32(33,34)13-15-36/h6-11,20-21,25H,2-5,12-19H2,1H3. The van der Waals surface area contributed by atoms with Crippen LogP contribution >= 0.6 is 0 Å². The van der Waals surface area contributed by atoms with Crippen molar-refractivity contribution < 1.29 is 27.9 Å². The maximum Gasteiger partial charge on any atom is 0.337 e. The van der Waals surface area contributed by atoms with Crippen LogP contribution in [0.4, 0.5) is 8.78 Å². The first kappa shape index (κ1) is 28.3. The Morgan fingerprint density at radius 3 is 2.05 bits per heavy atom. The molecule has 3 fully saturated rings. The summed E-state index contributed by atoms with van der Waals surface area (Å²) in [5.74, 6) is -3.64. The number of piperazine rings is 1. The molecule has 2 aliphatic heterocycles. The summed E-state index contributed by atoms with van der Waals surface area (Å²) in [4.78, 5) is 45.1. The molecule has 0 spiro atoms. The Hall–Kier alpha value is -3.79. The lowest BCUT2D eigenvalue weighted by Gasteiger charge is -2.38. The van der Waals surface area contributed by atoms with E-state index >= 15 is 0 Å². The van der Waals surface area contributed by atoms with E-state index in [-0.39, 0.29) is 37.7 Å². The van der Waals surface area contributed by atoms with Crippen LogP contribution in [0.3, 0.4) is 0 Å². The second-order valence-electron chi connectivity index (χ2n) is 11.6. The zero-order chi connectivity index (χ0) is 29.4. The third-order valence-electron chi connectivity index (χ3n) is 9.04. The Kier molecular flexibility index (Phi) is 7.74. The fourth-order valence-electron chi connectivity index (χ4n) is 6.59. The Morgan fingerprint density at radius 1 is 0.786 bits per heavy atom. The fraction of sp³-hybridized carbons (Fsp3) is 0.469. The van der Waals surface area contributed by atoms with Gasteiger partial charge in [0.05, 0.1) is 18.2 Å². The zero-order valence-corrected chi connectivity index (χ0v) is 23.9. The number of amides is 2. The van der Waals surface area contributed by atoms with Gasteiger partial charge in [-0.3, -0.25) is 14.5 Å². The van der Waals surface area contributed by atoms with E-state index in [9.17, 15) is 23.2 Å². The molecule has 3 aliphatic rings. The number of hydrogen-bond donors (Lipinski definition) is 0. The van der Waals surface area contributed by atoms with Crippen molar-refractivity contribution in [2.45, 2.75) is 50.5 Å². The first-order valence-corrected chi connectivity index (χ1v) is 14.8. The summed E-state index contributed by atoms with van der Waals surface area (Å²) in [6.07, 6.45) is 4.31. The minimum Gasteiger partial charge on any atom is -0.465 e. The van der Waals surface area contributed by atoms with Crippen LogP contribution in [0.5, 0.6) is 0 Å². The van der Waals surface area contributed by atoms with E-state index in [1.165, 1.54) is 37.7 Å². The molecule has 1 aromatic heterocycles. The van der Waals surface area contributed by atoms with E-state index in [1.54, 1.807) is 41.0 Å². The molecule has 2 aromatic carbocycles. The van der Waals surface area contributed by atoms with Crippen molar-refractivity contribution in [1.29, 1.82) is 0 Å². The molecule has 3 heterocycles. The molecule has 8 nitrogen and oxygen atoms in total. The number of likely N-dealkylation sites (tertiary alicyclic amines) is 1. The average molecular weight is 579 g/mol. The number of hydrogen-bond acceptors (Lipinski definition) is 5. The molecule has 1 saturated carbocycles. The highest BCUT2D eigenvalue weighted by molar-refractivity contribution is 6.03. The number of rotatable bonds is 5. The zero-order valence-electron chi connectivity index (χ0n) is 23.9. The number of halogens is 2. The third kappa shape index (κ3) is 5.52. The van der Waals surface area contributed by atoms with Crippen LogP contribution in [0, 0.1) is 0 Å². The Bertz CT molecular complexity index is 1480. The average Bonchev–Trinajstić information content (AvgIpc) is 3.69. The number of methoxy groups -OCH3 is 1. The molecule has 222 valence electrons. The first-order chi connectivity index (χ1) is 20.2.